The summed E-state index contributed by atoms with van der Waals surface area (Å²) >= 11 is 0. The Morgan fingerprint density at radius 1 is 1.05 bits per heavy atom. The van der Waals surface area contributed by atoms with Gasteiger partial charge in [-0.15, -0.1) is 0 Å². The quantitative estimate of drug-likeness (QED) is 0.792. The number of anilines is 2. The molecular formula is C17H19N3O2. The second kappa shape index (κ2) is 6.76. The van der Waals surface area contributed by atoms with E-state index in [9.17, 15) is 9.59 Å². The van der Waals surface area contributed by atoms with Gasteiger partial charge in [-0.25, -0.2) is 0 Å². The van der Waals surface area contributed by atoms with Crippen LogP contribution in [0.15, 0.2) is 42.5 Å². The van der Waals surface area contributed by atoms with Gasteiger partial charge in [0.2, 0.25) is 11.8 Å². The van der Waals surface area contributed by atoms with Crippen molar-refractivity contribution in [3.8, 4) is 0 Å². The molecule has 0 unspecified atom stereocenters. The highest BCUT2D eigenvalue weighted by molar-refractivity contribution is 5.97. The van der Waals surface area contributed by atoms with E-state index in [4.69, 9.17) is 5.73 Å². The number of nitrogens with one attached hydrogen (secondary N) is 2. The summed E-state index contributed by atoms with van der Waals surface area (Å²) < 4.78 is 0. The van der Waals surface area contributed by atoms with Crippen LogP contribution in [0.2, 0.25) is 0 Å². The highest BCUT2D eigenvalue weighted by atomic mass is 16.2. The topological polar surface area (TPSA) is 84.2 Å². The van der Waals surface area contributed by atoms with Gasteiger partial charge in [0.25, 0.3) is 0 Å². The number of nitrogens with two attached hydrogens (primary N) is 1. The number of para-hydroxylation sites is 1. The smallest absolute Gasteiger partial charge is 0.248 e. The van der Waals surface area contributed by atoms with Crippen LogP contribution < -0.4 is 16.4 Å². The number of benzene rings is 2. The van der Waals surface area contributed by atoms with E-state index in [2.05, 4.69) is 10.6 Å². The third-order valence-corrected chi connectivity index (χ3v) is 3.34. The van der Waals surface area contributed by atoms with Crippen molar-refractivity contribution in [3.63, 3.8) is 0 Å². The largest absolute Gasteiger partial charge is 0.376 e. The zero-order valence-electron chi connectivity index (χ0n) is 12.6. The van der Waals surface area contributed by atoms with Gasteiger partial charge in [0.1, 0.15) is 0 Å². The Kier molecular flexibility index (Phi) is 4.78. The molecule has 4 N–H and O–H groups in total. The van der Waals surface area contributed by atoms with Gasteiger partial charge >= 0.3 is 0 Å². The molecular weight excluding hydrogens is 278 g/mol. The first kappa shape index (κ1) is 15.6. The minimum atomic E-state index is -0.523. The van der Waals surface area contributed by atoms with E-state index in [0.29, 0.717) is 11.3 Å². The van der Waals surface area contributed by atoms with Gasteiger partial charge in [-0.05, 0) is 43.2 Å². The number of carbonyl (C=O) groups is 2. The summed E-state index contributed by atoms with van der Waals surface area (Å²) in [6, 6.07) is 12.5. The van der Waals surface area contributed by atoms with E-state index in [1.165, 1.54) is 0 Å². The first-order chi connectivity index (χ1) is 10.5. The maximum atomic E-state index is 12.0. The van der Waals surface area contributed by atoms with Crippen LogP contribution in [0.4, 0.5) is 11.4 Å². The highest BCUT2D eigenvalue weighted by Crippen LogP contribution is 2.19. The molecule has 0 spiro atoms. The highest BCUT2D eigenvalue weighted by Gasteiger charge is 2.07. The lowest BCUT2D eigenvalue weighted by molar-refractivity contribution is -0.114. The Hall–Kier alpha value is -2.82. The van der Waals surface area contributed by atoms with Gasteiger partial charge in [0.05, 0.1) is 6.54 Å². The molecule has 2 aromatic rings. The molecule has 0 aliphatic carbocycles. The Labute approximate surface area is 129 Å². The normalized spacial score (nSPS) is 10.1. The van der Waals surface area contributed by atoms with Gasteiger partial charge < -0.3 is 16.4 Å². The predicted octanol–water partition coefficient (Wildman–Crippen LogP) is 2.45. The Bertz CT molecular complexity index is 691. The molecule has 0 atom stereocenters. The lowest BCUT2D eigenvalue weighted by Gasteiger charge is -2.12. The summed E-state index contributed by atoms with van der Waals surface area (Å²) in [5.41, 5.74) is 9.26. The number of rotatable bonds is 5. The van der Waals surface area contributed by atoms with Crippen molar-refractivity contribution in [1.82, 2.24) is 0 Å². The molecule has 114 valence electrons. The van der Waals surface area contributed by atoms with E-state index in [-0.39, 0.29) is 12.5 Å². The minimum Gasteiger partial charge on any atom is -0.376 e. The summed E-state index contributed by atoms with van der Waals surface area (Å²) in [6.07, 6.45) is 0. The van der Waals surface area contributed by atoms with E-state index in [0.717, 1.165) is 16.8 Å². The minimum absolute atomic E-state index is 0.145. The van der Waals surface area contributed by atoms with Gasteiger partial charge in [0, 0.05) is 16.9 Å². The van der Waals surface area contributed by atoms with Gasteiger partial charge in [-0.1, -0.05) is 24.3 Å². The molecule has 0 bridgehead atoms. The SMILES string of the molecule is Cc1cccc(C)c1NCC(=O)Nc1cccc(C(N)=O)c1. The lowest BCUT2D eigenvalue weighted by atomic mass is 10.1. The molecule has 2 aromatic carbocycles. The lowest BCUT2D eigenvalue weighted by Crippen LogP contribution is -2.22. The van der Waals surface area contributed by atoms with Crippen LogP contribution in [0.25, 0.3) is 0 Å². The monoisotopic (exact) mass is 297 g/mol. The zero-order chi connectivity index (χ0) is 16.1. The molecule has 0 heterocycles. The fraction of sp³-hybridized carbons (Fsp3) is 0.176. The first-order valence-corrected chi connectivity index (χ1v) is 6.97. The van der Waals surface area contributed by atoms with E-state index >= 15 is 0 Å². The summed E-state index contributed by atoms with van der Waals surface area (Å²) in [4.78, 5) is 23.1. The van der Waals surface area contributed by atoms with Crippen LogP contribution in [0.3, 0.4) is 0 Å². The predicted molar refractivity (Wildman–Crippen MR) is 88.0 cm³/mol. The molecule has 5 heteroatoms. The van der Waals surface area contributed by atoms with Crippen LogP contribution in [-0.4, -0.2) is 18.4 Å². The van der Waals surface area contributed by atoms with Crippen molar-refractivity contribution in [1.29, 1.82) is 0 Å². The van der Waals surface area contributed by atoms with Crippen LogP contribution in [0.1, 0.15) is 21.5 Å². The van der Waals surface area contributed by atoms with Crippen LogP contribution in [0.5, 0.6) is 0 Å². The molecule has 0 aromatic heterocycles. The fourth-order valence-corrected chi connectivity index (χ4v) is 2.22. The fourth-order valence-electron chi connectivity index (χ4n) is 2.22. The summed E-state index contributed by atoms with van der Waals surface area (Å²) in [5, 5.41) is 5.87. The number of amides is 2. The van der Waals surface area contributed by atoms with Gasteiger partial charge in [-0.3, -0.25) is 9.59 Å². The summed E-state index contributed by atoms with van der Waals surface area (Å²) in [7, 11) is 0. The zero-order valence-corrected chi connectivity index (χ0v) is 12.6. The van der Waals surface area contributed by atoms with E-state index in [1.807, 2.05) is 32.0 Å². The van der Waals surface area contributed by atoms with Crippen molar-refractivity contribution in [2.45, 2.75) is 13.8 Å². The Morgan fingerprint density at radius 2 is 1.68 bits per heavy atom. The maximum absolute atomic E-state index is 12.0. The molecule has 0 fully saturated rings. The molecule has 0 saturated carbocycles. The van der Waals surface area contributed by atoms with Gasteiger partial charge in [-0.2, -0.15) is 0 Å². The molecule has 0 radical (unpaired) electrons. The van der Waals surface area contributed by atoms with Crippen LogP contribution in [0, 0.1) is 13.8 Å². The molecule has 0 aliphatic rings. The van der Waals surface area contributed by atoms with Crippen molar-refractivity contribution >= 4 is 23.2 Å². The van der Waals surface area contributed by atoms with E-state index in [1.54, 1.807) is 24.3 Å². The van der Waals surface area contributed by atoms with Crippen molar-refractivity contribution in [3.05, 3.63) is 59.2 Å². The number of carbonyl (C=O) groups excluding carboxylic acids is 2. The number of primary amides is 1. The van der Waals surface area contributed by atoms with E-state index < -0.39 is 5.91 Å². The average molecular weight is 297 g/mol. The first-order valence-electron chi connectivity index (χ1n) is 6.97. The summed E-state index contributed by atoms with van der Waals surface area (Å²) in [5.74, 6) is -0.714. The van der Waals surface area contributed by atoms with Crippen LogP contribution >= 0.6 is 0 Å². The number of aryl methyl sites for hydroxylation is 2. The molecule has 2 rings (SSSR count). The Morgan fingerprint density at radius 3 is 2.32 bits per heavy atom. The van der Waals surface area contributed by atoms with Crippen molar-refractivity contribution in [2.75, 3.05) is 17.2 Å². The van der Waals surface area contributed by atoms with Crippen molar-refractivity contribution in [2.24, 2.45) is 5.73 Å². The Balaban J connectivity index is 1.99. The molecule has 5 nitrogen and oxygen atoms in total. The molecule has 2 amide bonds. The molecule has 22 heavy (non-hydrogen) atoms. The van der Waals surface area contributed by atoms with Crippen LogP contribution in [-0.2, 0) is 4.79 Å². The number of hydrogen-bond donors (Lipinski definition) is 3. The number of hydrogen-bond acceptors (Lipinski definition) is 3. The second-order valence-electron chi connectivity index (χ2n) is 5.11. The maximum Gasteiger partial charge on any atom is 0.248 e. The van der Waals surface area contributed by atoms with Gasteiger partial charge in [0.15, 0.2) is 0 Å². The average Bonchev–Trinajstić information content (AvgIpc) is 2.47. The standard InChI is InChI=1S/C17H19N3O2/c1-11-5-3-6-12(2)16(11)19-10-15(21)20-14-8-4-7-13(9-14)17(18)22/h3-9,19H,10H2,1-2H3,(H2,18,22)(H,20,21). The second-order valence-corrected chi connectivity index (χ2v) is 5.11. The van der Waals surface area contributed by atoms with Crippen molar-refractivity contribution < 1.29 is 9.59 Å². The summed E-state index contributed by atoms with van der Waals surface area (Å²) in [6.45, 7) is 4.12. The molecule has 0 saturated heterocycles. The molecule has 0 aliphatic heterocycles. The third kappa shape index (κ3) is 3.85. The third-order valence-electron chi connectivity index (χ3n) is 3.34.